The molecule has 4 rings (SSSR count). The molecule has 0 bridgehead atoms. The Morgan fingerprint density at radius 1 is 0.500 bits per heavy atom. The van der Waals surface area contributed by atoms with Crippen LogP contribution in [0.1, 0.15) is 11.4 Å². The zero-order valence-electron chi connectivity index (χ0n) is 15.2. The summed E-state index contributed by atoms with van der Waals surface area (Å²) in [5.74, 6) is 0. The van der Waals surface area contributed by atoms with Crippen LogP contribution in [-0.4, -0.2) is 22.4 Å². The predicted molar refractivity (Wildman–Crippen MR) is 115 cm³/mol. The number of pyridine rings is 2. The van der Waals surface area contributed by atoms with Crippen molar-refractivity contribution >= 4 is 23.8 Å². The maximum Gasteiger partial charge on any atom is 0.0812 e. The molecule has 0 unspecified atom stereocenters. The van der Waals surface area contributed by atoms with Gasteiger partial charge in [-0.15, -0.1) is 0 Å². The molecule has 0 aliphatic heterocycles. The average molecular weight is 362 g/mol. The Bertz CT molecular complexity index is 978. The Kier molecular flexibility index (Phi) is 5.40. The van der Waals surface area contributed by atoms with E-state index in [0.29, 0.717) is 0 Å². The molecule has 0 aliphatic rings. The number of hydrogen-bond donors (Lipinski definition) is 0. The van der Waals surface area contributed by atoms with Crippen LogP contribution in [0, 0.1) is 0 Å². The first-order valence-corrected chi connectivity index (χ1v) is 8.97. The summed E-state index contributed by atoms with van der Waals surface area (Å²) in [6.07, 6.45) is 7.05. The fourth-order valence-corrected chi connectivity index (χ4v) is 2.67. The van der Waals surface area contributed by atoms with E-state index >= 15 is 0 Å². The van der Waals surface area contributed by atoms with Gasteiger partial charge in [-0.25, -0.2) is 0 Å². The molecule has 0 atom stereocenters. The quantitative estimate of drug-likeness (QED) is 0.431. The van der Waals surface area contributed by atoms with Crippen LogP contribution < -0.4 is 0 Å². The fourth-order valence-electron chi connectivity index (χ4n) is 2.67. The van der Waals surface area contributed by atoms with E-state index in [2.05, 4.69) is 44.2 Å². The van der Waals surface area contributed by atoms with Gasteiger partial charge in [0.05, 0.1) is 35.2 Å². The minimum Gasteiger partial charge on any atom is -0.255 e. The van der Waals surface area contributed by atoms with Gasteiger partial charge >= 0.3 is 0 Å². The Balaban J connectivity index is 1.44. The third-order valence-electron chi connectivity index (χ3n) is 4.14. The van der Waals surface area contributed by atoms with Crippen LogP contribution in [0.25, 0.3) is 11.1 Å². The minimum absolute atomic E-state index is 0.841. The first kappa shape index (κ1) is 17.5. The number of nitrogens with zero attached hydrogens (tertiary/aromatic N) is 4. The molecule has 0 fully saturated rings. The summed E-state index contributed by atoms with van der Waals surface area (Å²) in [5, 5.41) is 0. The predicted octanol–water partition coefficient (Wildman–Crippen LogP) is 5.64. The third kappa shape index (κ3) is 4.62. The zero-order valence-corrected chi connectivity index (χ0v) is 15.2. The van der Waals surface area contributed by atoms with Gasteiger partial charge in [-0.2, -0.15) is 0 Å². The lowest BCUT2D eigenvalue weighted by Crippen LogP contribution is -1.84. The zero-order chi connectivity index (χ0) is 19.0. The molecule has 0 amide bonds. The van der Waals surface area contributed by atoms with Crippen molar-refractivity contribution in [3.8, 4) is 11.1 Å². The molecule has 134 valence electrons. The molecule has 0 saturated heterocycles. The van der Waals surface area contributed by atoms with E-state index in [1.165, 1.54) is 0 Å². The highest BCUT2D eigenvalue weighted by Gasteiger charge is 1.98. The average Bonchev–Trinajstić information content (AvgIpc) is 2.78. The van der Waals surface area contributed by atoms with Crippen LogP contribution in [-0.2, 0) is 0 Å². The summed E-state index contributed by atoms with van der Waals surface area (Å²) < 4.78 is 0. The first-order chi connectivity index (χ1) is 13.9. The maximum atomic E-state index is 4.47. The molecular formula is C24H18N4. The lowest BCUT2D eigenvalue weighted by atomic mass is 10.1. The van der Waals surface area contributed by atoms with Gasteiger partial charge in [-0.3, -0.25) is 20.0 Å². The van der Waals surface area contributed by atoms with Gasteiger partial charge in [0.25, 0.3) is 0 Å². The number of hydrogen-bond acceptors (Lipinski definition) is 4. The number of benzene rings is 2. The summed E-state index contributed by atoms with van der Waals surface area (Å²) in [6.45, 7) is 0. The molecule has 0 N–H and O–H groups in total. The third-order valence-corrected chi connectivity index (χ3v) is 4.14. The van der Waals surface area contributed by atoms with Gasteiger partial charge in [0.1, 0.15) is 0 Å². The summed E-state index contributed by atoms with van der Waals surface area (Å²) in [7, 11) is 0. The van der Waals surface area contributed by atoms with E-state index in [9.17, 15) is 0 Å². The van der Waals surface area contributed by atoms with Crippen molar-refractivity contribution < 1.29 is 0 Å². The summed E-state index contributed by atoms with van der Waals surface area (Å²) in [6, 6.07) is 27.8. The standard InChI is InChI=1S/C24H18N4/c1-3-15-25-23(5-1)17-27-21-11-7-19(8-12-21)20-9-13-22(14-10-20)28-18-24-6-2-4-16-26-24/h1-18H. The van der Waals surface area contributed by atoms with E-state index in [-0.39, 0.29) is 0 Å². The molecule has 0 radical (unpaired) electrons. The topological polar surface area (TPSA) is 50.5 Å². The normalized spacial score (nSPS) is 11.3. The highest BCUT2D eigenvalue weighted by Crippen LogP contribution is 2.25. The van der Waals surface area contributed by atoms with E-state index in [0.717, 1.165) is 33.9 Å². The van der Waals surface area contributed by atoms with Gasteiger partial charge < -0.3 is 0 Å². The van der Waals surface area contributed by atoms with Crippen LogP contribution in [0.4, 0.5) is 11.4 Å². The summed E-state index contributed by atoms with van der Waals surface area (Å²) in [5.41, 5.74) is 5.74. The van der Waals surface area contributed by atoms with Crippen LogP contribution >= 0.6 is 0 Å². The Morgan fingerprint density at radius 2 is 0.929 bits per heavy atom. The number of rotatable bonds is 5. The molecule has 2 aromatic carbocycles. The molecule has 4 aromatic rings. The van der Waals surface area contributed by atoms with Crippen molar-refractivity contribution in [2.75, 3.05) is 0 Å². The molecule has 4 nitrogen and oxygen atoms in total. The van der Waals surface area contributed by atoms with Crippen molar-refractivity contribution in [2.24, 2.45) is 9.98 Å². The van der Waals surface area contributed by atoms with Gasteiger partial charge in [-0.05, 0) is 59.7 Å². The second kappa shape index (κ2) is 8.64. The Morgan fingerprint density at radius 3 is 1.29 bits per heavy atom. The van der Waals surface area contributed by atoms with E-state index in [1.807, 2.05) is 60.7 Å². The van der Waals surface area contributed by atoms with Crippen molar-refractivity contribution in [3.63, 3.8) is 0 Å². The smallest absolute Gasteiger partial charge is 0.0812 e. The molecule has 0 saturated carbocycles. The molecule has 2 heterocycles. The van der Waals surface area contributed by atoms with Crippen molar-refractivity contribution in [2.45, 2.75) is 0 Å². The fraction of sp³-hybridized carbons (Fsp3) is 0. The van der Waals surface area contributed by atoms with Gasteiger partial charge in [0.15, 0.2) is 0 Å². The Hall–Kier alpha value is -3.92. The minimum atomic E-state index is 0.841. The van der Waals surface area contributed by atoms with E-state index < -0.39 is 0 Å². The summed E-state index contributed by atoms with van der Waals surface area (Å²) >= 11 is 0. The lowest BCUT2D eigenvalue weighted by Gasteiger charge is -2.03. The van der Waals surface area contributed by atoms with Crippen molar-refractivity contribution in [3.05, 3.63) is 109 Å². The molecular weight excluding hydrogens is 344 g/mol. The SMILES string of the molecule is C(=Nc1ccc(-c2ccc(N=Cc3ccccn3)cc2)cc1)c1ccccn1. The van der Waals surface area contributed by atoms with Gasteiger partial charge in [0, 0.05) is 12.4 Å². The monoisotopic (exact) mass is 362 g/mol. The van der Waals surface area contributed by atoms with E-state index in [4.69, 9.17) is 0 Å². The van der Waals surface area contributed by atoms with Crippen LogP contribution in [0.2, 0.25) is 0 Å². The number of aromatic nitrogens is 2. The lowest BCUT2D eigenvalue weighted by molar-refractivity contribution is 1.30. The maximum absolute atomic E-state index is 4.47. The van der Waals surface area contributed by atoms with Crippen molar-refractivity contribution in [1.29, 1.82) is 0 Å². The van der Waals surface area contributed by atoms with Gasteiger partial charge in [-0.1, -0.05) is 36.4 Å². The van der Waals surface area contributed by atoms with Crippen molar-refractivity contribution in [1.82, 2.24) is 9.97 Å². The van der Waals surface area contributed by atoms with Crippen LogP contribution in [0.15, 0.2) is 107 Å². The van der Waals surface area contributed by atoms with Gasteiger partial charge in [0.2, 0.25) is 0 Å². The Labute approximate surface area is 164 Å². The molecule has 0 spiro atoms. The highest BCUT2D eigenvalue weighted by molar-refractivity contribution is 5.80. The second-order valence-electron chi connectivity index (χ2n) is 6.12. The number of aliphatic imine (C=N–C) groups is 2. The van der Waals surface area contributed by atoms with Crippen LogP contribution in [0.3, 0.4) is 0 Å². The summed E-state index contributed by atoms with van der Waals surface area (Å²) in [4.78, 5) is 17.4. The van der Waals surface area contributed by atoms with Crippen LogP contribution in [0.5, 0.6) is 0 Å². The molecule has 4 heteroatoms. The van der Waals surface area contributed by atoms with E-state index in [1.54, 1.807) is 24.8 Å². The first-order valence-electron chi connectivity index (χ1n) is 8.97. The molecule has 28 heavy (non-hydrogen) atoms. The largest absolute Gasteiger partial charge is 0.255 e. The molecule has 0 aliphatic carbocycles. The molecule has 2 aromatic heterocycles. The highest BCUT2D eigenvalue weighted by atomic mass is 14.8. The second-order valence-corrected chi connectivity index (χ2v) is 6.12.